The van der Waals surface area contributed by atoms with Crippen LogP contribution in [0.4, 0.5) is 0 Å². The molecule has 1 heterocycles. The van der Waals surface area contributed by atoms with Crippen LogP contribution in [0.15, 0.2) is 12.4 Å². The van der Waals surface area contributed by atoms with Gasteiger partial charge in [-0.3, -0.25) is 19.1 Å². The molecule has 0 aromatic carbocycles. The Morgan fingerprint density at radius 3 is 2.68 bits per heavy atom. The van der Waals surface area contributed by atoms with Gasteiger partial charge in [0.1, 0.15) is 6.54 Å². The van der Waals surface area contributed by atoms with Gasteiger partial charge in [-0.1, -0.05) is 19.3 Å². The van der Waals surface area contributed by atoms with Crippen molar-refractivity contribution in [3.05, 3.63) is 18.0 Å². The van der Waals surface area contributed by atoms with Gasteiger partial charge in [0.15, 0.2) is 0 Å². The molecule has 25 heavy (non-hydrogen) atoms. The van der Waals surface area contributed by atoms with Crippen molar-refractivity contribution in [2.24, 2.45) is 0 Å². The molecule has 1 aliphatic rings. The number of carbonyl (C=O) groups excluding carboxylic acids is 2. The molecule has 0 bridgehead atoms. The lowest BCUT2D eigenvalue weighted by molar-refractivity contribution is -0.137. The molecule has 138 valence electrons. The van der Waals surface area contributed by atoms with E-state index in [1.807, 2.05) is 0 Å². The van der Waals surface area contributed by atoms with Crippen molar-refractivity contribution in [2.45, 2.75) is 64.0 Å². The van der Waals surface area contributed by atoms with E-state index in [0.29, 0.717) is 24.9 Å². The summed E-state index contributed by atoms with van der Waals surface area (Å²) in [5, 5.41) is 18.3. The van der Waals surface area contributed by atoms with Gasteiger partial charge in [-0.05, 0) is 25.7 Å². The summed E-state index contributed by atoms with van der Waals surface area (Å²) in [6.07, 6.45) is 9.82. The number of carbonyl (C=O) groups is 3. The molecule has 0 radical (unpaired) electrons. The Morgan fingerprint density at radius 2 is 1.96 bits per heavy atom. The quantitative estimate of drug-likeness (QED) is 0.581. The van der Waals surface area contributed by atoms with Crippen molar-refractivity contribution in [2.75, 3.05) is 6.54 Å². The minimum atomic E-state index is -0.834. The molecule has 1 aromatic rings. The molecule has 0 saturated heterocycles. The lowest BCUT2D eigenvalue weighted by Gasteiger charge is -2.22. The molecule has 0 aliphatic heterocycles. The molecule has 8 heteroatoms. The summed E-state index contributed by atoms with van der Waals surface area (Å²) in [4.78, 5) is 34.4. The van der Waals surface area contributed by atoms with Crippen LogP contribution in [0, 0.1) is 0 Å². The van der Waals surface area contributed by atoms with Gasteiger partial charge in [0.25, 0.3) is 5.91 Å². The first-order valence-electron chi connectivity index (χ1n) is 8.86. The van der Waals surface area contributed by atoms with Crippen LogP contribution in [-0.4, -0.2) is 45.3 Å². The highest BCUT2D eigenvalue weighted by molar-refractivity contribution is 5.93. The van der Waals surface area contributed by atoms with Crippen molar-refractivity contribution in [1.29, 1.82) is 0 Å². The summed E-state index contributed by atoms with van der Waals surface area (Å²) in [5.41, 5.74) is 0.392. The molecule has 0 unspecified atom stereocenters. The zero-order valence-corrected chi connectivity index (χ0v) is 14.4. The number of hydrogen-bond acceptors (Lipinski definition) is 4. The van der Waals surface area contributed by atoms with Gasteiger partial charge in [0, 0.05) is 25.2 Å². The largest absolute Gasteiger partial charge is 0.481 e. The Bertz CT molecular complexity index is 593. The first-order chi connectivity index (χ1) is 12.0. The minimum absolute atomic E-state index is 0.0874. The second-order valence-corrected chi connectivity index (χ2v) is 6.44. The number of unbranched alkanes of at least 4 members (excludes halogenated alkanes) is 1. The SMILES string of the molecule is O=C(O)CCCCNC(=O)c1cnn(CC(=O)NC2CCCCC2)c1. The smallest absolute Gasteiger partial charge is 0.303 e. The fourth-order valence-electron chi connectivity index (χ4n) is 2.94. The van der Waals surface area contributed by atoms with Crippen molar-refractivity contribution in [3.8, 4) is 0 Å². The summed E-state index contributed by atoms with van der Waals surface area (Å²) < 4.78 is 1.46. The molecule has 1 fully saturated rings. The van der Waals surface area contributed by atoms with Crippen molar-refractivity contribution in [1.82, 2.24) is 20.4 Å². The number of hydrogen-bond donors (Lipinski definition) is 3. The van der Waals surface area contributed by atoms with Gasteiger partial charge < -0.3 is 15.7 Å². The van der Waals surface area contributed by atoms with E-state index in [1.165, 1.54) is 17.3 Å². The highest BCUT2D eigenvalue weighted by atomic mass is 16.4. The van der Waals surface area contributed by atoms with Gasteiger partial charge in [-0.25, -0.2) is 0 Å². The average molecular weight is 350 g/mol. The van der Waals surface area contributed by atoms with Crippen LogP contribution in [0.5, 0.6) is 0 Å². The standard InChI is InChI=1S/C17H26N4O4/c22-15(20-14-6-2-1-3-7-14)12-21-11-13(10-19-21)17(25)18-9-5-4-8-16(23)24/h10-11,14H,1-9,12H2,(H,18,25)(H,20,22)(H,23,24). The number of aromatic nitrogens is 2. The van der Waals surface area contributed by atoms with Crippen molar-refractivity contribution >= 4 is 17.8 Å². The topological polar surface area (TPSA) is 113 Å². The molecular weight excluding hydrogens is 324 g/mol. The van der Waals surface area contributed by atoms with Crippen molar-refractivity contribution in [3.63, 3.8) is 0 Å². The predicted octanol–water partition coefficient (Wildman–Crippen LogP) is 1.32. The van der Waals surface area contributed by atoms with E-state index in [2.05, 4.69) is 15.7 Å². The van der Waals surface area contributed by atoms with Gasteiger partial charge in [0.2, 0.25) is 5.91 Å². The molecule has 0 atom stereocenters. The van der Waals surface area contributed by atoms with E-state index < -0.39 is 5.97 Å². The van der Waals surface area contributed by atoms with Gasteiger partial charge in [-0.15, -0.1) is 0 Å². The van der Waals surface area contributed by atoms with Crippen LogP contribution >= 0.6 is 0 Å². The number of aliphatic carboxylic acids is 1. The second kappa shape index (κ2) is 9.80. The highest BCUT2D eigenvalue weighted by Gasteiger charge is 2.16. The lowest BCUT2D eigenvalue weighted by atomic mass is 9.95. The number of nitrogens with one attached hydrogen (secondary N) is 2. The number of amides is 2. The van der Waals surface area contributed by atoms with Crippen LogP contribution in [-0.2, 0) is 16.1 Å². The number of nitrogens with zero attached hydrogens (tertiary/aromatic N) is 2. The second-order valence-electron chi connectivity index (χ2n) is 6.44. The monoisotopic (exact) mass is 350 g/mol. The third kappa shape index (κ3) is 6.94. The van der Waals surface area contributed by atoms with Crippen LogP contribution < -0.4 is 10.6 Å². The van der Waals surface area contributed by atoms with Crippen LogP contribution in [0.3, 0.4) is 0 Å². The molecular formula is C17H26N4O4. The zero-order valence-electron chi connectivity index (χ0n) is 14.4. The van der Waals surface area contributed by atoms with E-state index in [9.17, 15) is 14.4 Å². The maximum atomic E-state index is 12.0. The Morgan fingerprint density at radius 1 is 1.20 bits per heavy atom. The van der Waals surface area contributed by atoms with Crippen LogP contribution in [0.2, 0.25) is 0 Å². The van der Waals surface area contributed by atoms with E-state index >= 15 is 0 Å². The minimum Gasteiger partial charge on any atom is -0.481 e. The average Bonchev–Trinajstić information content (AvgIpc) is 3.03. The Kier molecular flexibility index (Phi) is 7.43. The fraction of sp³-hybridized carbons (Fsp3) is 0.647. The Balaban J connectivity index is 1.70. The molecule has 8 nitrogen and oxygen atoms in total. The zero-order chi connectivity index (χ0) is 18.1. The Hall–Kier alpha value is -2.38. The maximum Gasteiger partial charge on any atom is 0.303 e. The molecule has 0 spiro atoms. The van der Waals surface area contributed by atoms with Crippen molar-refractivity contribution < 1.29 is 19.5 Å². The van der Waals surface area contributed by atoms with E-state index in [1.54, 1.807) is 6.20 Å². The first kappa shape index (κ1) is 19.0. The molecule has 1 aliphatic carbocycles. The molecule has 3 N–H and O–H groups in total. The number of carboxylic acid groups (broad SMARTS) is 1. The van der Waals surface area contributed by atoms with Gasteiger partial charge in [0.05, 0.1) is 11.8 Å². The fourth-order valence-corrected chi connectivity index (χ4v) is 2.94. The number of carboxylic acids is 1. The number of rotatable bonds is 9. The summed E-state index contributed by atoms with van der Waals surface area (Å²) in [7, 11) is 0. The normalized spacial score (nSPS) is 14.9. The van der Waals surface area contributed by atoms with E-state index in [-0.39, 0.29) is 30.8 Å². The molecule has 1 aromatic heterocycles. The summed E-state index contributed by atoms with van der Waals surface area (Å²) in [6, 6.07) is 0.255. The third-order valence-corrected chi connectivity index (χ3v) is 4.27. The van der Waals surface area contributed by atoms with Crippen LogP contribution in [0.1, 0.15) is 61.7 Å². The predicted molar refractivity (Wildman–Crippen MR) is 91.1 cm³/mol. The molecule has 1 saturated carbocycles. The molecule has 2 amide bonds. The van der Waals surface area contributed by atoms with E-state index in [4.69, 9.17) is 5.11 Å². The summed E-state index contributed by atoms with van der Waals surface area (Å²) >= 11 is 0. The summed E-state index contributed by atoms with van der Waals surface area (Å²) in [5.74, 6) is -1.19. The summed E-state index contributed by atoms with van der Waals surface area (Å²) in [6.45, 7) is 0.516. The highest BCUT2D eigenvalue weighted by Crippen LogP contribution is 2.17. The Labute approximate surface area is 147 Å². The van der Waals surface area contributed by atoms with Gasteiger partial charge >= 0.3 is 5.97 Å². The third-order valence-electron chi connectivity index (χ3n) is 4.27. The van der Waals surface area contributed by atoms with Crippen LogP contribution in [0.25, 0.3) is 0 Å². The van der Waals surface area contributed by atoms with Gasteiger partial charge in [-0.2, -0.15) is 5.10 Å². The van der Waals surface area contributed by atoms with E-state index in [0.717, 1.165) is 25.7 Å². The maximum absolute atomic E-state index is 12.0. The first-order valence-corrected chi connectivity index (χ1v) is 8.86. The molecule has 2 rings (SSSR count). The lowest BCUT2D eigenvalue weighted by Crippen LogP contribution is -2.38.